The average molecular weight is 218 g/mol. The van der Waals surface area contributed by atoms with Crippen LogP contribution in [0, 0.1) is 6.92 Å². The van der Waals surface area contributed by atoms with Gasteiger partial charge in [-0.05, 0) is 36.8 Å². The van der Waals surface area contributed by atoms with Crippen molar-refractivity contribution < 1.29 is 0 Å². The third kappa shape index (κ3) is 2.31. The highest BCUT2D eigenvalue weighted by Gasteiger charge is 2.01. The van der Waals surface area contributed by atoms with E-state index in [1.165, 1.54) is 0 Å². The van der Waals surface area contributed by atoms with Gasteiger partial charge in [0.1, 0.15) is 0 Å². The predicted octanol–water partition coefficient (Wildman–Crippen LogP) is 4.39. The van der Waals surface area contributed by atoms with Crippen LogP contribution in [0.1, 0.15) is 5.56 Å². The summed E-state index contributed by atoms with van der Waals surface area (Å²) in [5, 5.41) is 4.12. The second kappa shape index (κ2) is 4.37. The van der Waals surface area contributed by atoms with Gasteiger partial charge in [0, 0.05) is 16.4 Å². The molecular weight excluding hydrogens is 206 g/mol. The van der Waals surface area contributed by atoms with Gasteiger partial charge in [-0.25, -0.2) is 0 Å². The third-order valence-corrected chi connectivity index (χ3v) is 2.73. The van der Waals surface area contributed by atoms with Gasteiger partial charge in [0.15, 0.2) is 0 Å². The van der Waals surface area contributed by atoms with E-state index in [1.54, 1.807) is 0 Å². The maximum absolute atomic E-state index is 6.04. The van der Waals surface area contributed by atoms with Gasteiger partial charge in [-0.2, -0.15) is 0 Å². The summed E-state index contributed by atoms with van der Waals surface area (Å²) in [6, 6.07) is 15.9. The first kappa shape index (κ1) is 10.1. The van der Waals surface area contributed by atoms with Crippen molar-refractivity contribution in [2.24, 2.45) is 0 Å². The Morgan fingerprint density at radius 1 is 0.933 bits per heavy atom. The Kier molecular flexibility index (Phi) is 2.93. The van der Waals surface area contributed by atoms with Gasteiger partial charge in [-0.15, -0.1) is 0 Å². The number of halogens is 1. The molecule has 0 saturated heterocycles. The molecule has 0 unspecified atom stereocenters. The Balaban J connectivity index is 2.29. The quantitative estimate of drug-likeness (QED) is 0.787. The minimum atomic E-state index is 0.788. The SMILES string of the molecule is Cc1c(Cl)cccc1Nc1ccccc1. The molecule has 1 nitrogen and oxygen atoms in total. The van der Waals surface area contributed by atoms with E-state index in [2.05, 4.69) is 5.32 Å². The lowest BCUT2D eigenvalue weighted by Crippen LogP contribution is -1.92. The maximum atomic E-state index is 6.04. The minimum Gasteiger partial charge on any atom is -0.355 e. The van der Waals surface area contributed by atoms with Gasteiger partial charge >= 0.3 is 0 Å². The zero-order valence-electron chi connectivity index (χ0n) is 8.50. The zero-order valence-corrected chi connectivity index (χ0v) is 9.25. The van der Waals surface area contributed by atoms with Crippen molar-refractivity contribution in [1.82, 2.24) is 0 Å². The van der Waals surface area contributed by atoms with Crippen molar-refractivity contribution in [3.8, 4) is 0 Å². The van der Waals surface area contributed by atoms with Gasteiger partial charge in [-0.1, -0.05) is 35.9 Å². The highest BCUT2D eigenvalue weighted by Crippen LogP contribution is 2.25. The van der Waals surface area contributed by atoms with Crippen molar-refractivity contribution in [3.05, 3.63) is 59.1 Å². The van der Waals surface area contributed by atoms with Crippen molar-refractivity contribution in [3.63, 3.8) is 0 Å². The summed E-state index contributed by atoms with van der Waals surface area (Å²) in [5.74, 6) is 0. The fourth-order valence-corrected chi connectivity index (χ4v) is 1.59. The number of para-hydroxylation sites is 1. The molecule has 0 spiro atoms. The van der Waals surface area contributed by atoms with E-state index in [1.807, 2.05) is 55.5 Å². The monoisotopic (exact) mass is 217 g/mol. The van der Waals surface area contributed by atoms with Crippen molar-refractivity contribution >= 4 is 23.0 Å². The molecule has 0 atom stereocenters. The van der Waals surface area contributed by atoms with Crippen molar-refractivity contribution in [1.29, 1.82) is 0 Å². The van der Waals surface area contributed by atoms with Gasteiger partial charge < -0.3 is 5.32 Å². The van der Waals surface area contributed by atoms with Gasteiger partial charge in [0.2, 0.25) is 0 Å². The number of benzene rings is 2. The normalized spacial score (nSPS) is 10.0. The molecule has 0 radical (unpaired) electrons. The first-order chi connectivity index (χ1) is 7.27. The summed E-state index contributed by atoms with van der Waals surface area (Å²) in [6.07, 6.45) is 0. The summed E-state index contributed by atoms with van der Waals surface area (Å²) in [5.41, 5.74) is 3.19. The summed E-state index contributed by atoms with van der Waals surface area (Å²) in [4.78, 5) is 0. The van der Waals surface area contributed by atoms with Crippen LogP contribution in [-0.4, -0.2) is 0 Å². The van der Waals surface area contributed by atoms with Crippen LogP contribution in [-0.2, 0) is 0 Å². The molecule has 0 bridgehead atoms. The van der Waals surface area contributed by atoms with E-state index >= 15 is 0 Å². The maximum Gasteiger partial charge on any atom is 0.0455 e. The van der Waals surface area contributed by atoms with Gasteiger partial charge in [-0.3, -0.25) is 0 Å². The lowest BCUT2D eigenvalue weighted by atomic mass is 10.2. The van der Waals surface area contributed by atoms with Crippen LogP contribution >= 0.6 is 11.6 Å². The van der Waals surface area contributed by atoms with Crippen molar-refractivity contribution in [2.75, 3.05) is 5.32 Å². The number of anilines is 2. The Morgan fingerprint density at radius 3 is 2.40 bits per heavy atom. The van der Waals surface area contributed by atoms with E-state index in [0.717, 1.165) is 22.0 Å². The molecular formula is C13H12ClN. The summed E-state index contributed by atoms with van der Waals surface area (Å²) >= 11 is 6.04. The lowest BCUT2D eigenvalue weighted by molar-refractivity contribution is 1.43. The van der Waals surface area contributed by atoms with Crippen LogP contribution in [0.15, 0.2) is 48.5 Å². The molecule has 76 valence electrons. The number of rotatable bonds is 2. The van der Waals surface area contributed by atoms with E-state index in [4.69, 9.17) is 11.6 Å². The lowest BCUT2D eigenvalue weighted by Gasteiger charge is -2.10. The summed E-state index contributed by atoms with van der Waals surface area (Å²) < 4.78 is 0. The Labute approximate surface area is 94.7 Å². The molecule has 2 aromatic carbocycles. The summed E-state index contributed by atoms with van der Waals surface area (Å²) in [6.45, 7) is 2.01. The molecule has 0 fully saturated rings. The molecule has 0 saturated carbocycles. The third-order valence-electron chi connectivity index (χ3n) is 2.32. The molecule has 1 N–H and O–H groups in total. The van der Waals surface area contributed by atoms with Gasteiger partial charge in [0.05, 0.1) is 0 Å². The topological polar surface area (TPSA) is 12.0 Å². The average Bonchev–Trinajstić information content (AvgIpc) is 2.26. The number of hydrogen-bond acceptors (Lipinski definition) is 1. The second-order valence-corrected chi connectivity index (χ2v) is 3.81. The Morgan fingerprint density at radius 2 is 1.67 bits per heavy atom. The highest BCUT2D eigenvalue weighted by molar-refractivity contribution is 6.31. The first-order valence-electron chi connectivity index (χ1n) is 4.84. The predicted molar refractivity (Wildman–Crippen MR) is 65.9 cm³/mol. The first-order valence-corrected chi connectivity index (χ1v) is 5.22. The molecule has 0 aromatic heterocycles. The zero-order chi connectivity index (χ0) is 10.7. The molecule has 15 heavy (non-hydrogen) atoms. The number of nitrogens with one attached hydrogen (secondary N) is 1. The second-order valence-electron chi connectivity index (χ2n) is 3.40. The van der Waals surface area contributed by atoms with Crippen LogP contribution < -0.4 is 5.32 Å². The molecule has 0 aliphatic rings. The molecule has 2 rings (SSSR count). The van der Waals surface area contributed by atoms with Gasteiger partial charge in [0.25, 0.3) is 0 Å². The largest absolute Gasteiger partial charge is 0.355 e. The molecule has 0 aliphatic heterocycles. The smallest absolute Gasteiger partial charge is 0.0455 e. The Hall–Kier alpha value is -1.47. The van der Waals surface area contributed by atoms with E-state index in [-0.39, 0.29) is 0 Å². The van der Waals surface area contributed by atoms with Crippen molar-refractivity contribution in [2.45, 2.75) is 6.92 Å². The molecule has 2 aromatic rings. The fourth-order valence-electron chi connectivity index (χ4n) is 1.42. The van der Waals surface area contributed by atoms with Crippen LogP contribution in [0.5, 0.6) is 0 Å². The van der Waals surface area contributed by atoms with Crippen LogP contribution in [0.2, 0.25) is 5.02 Å². The van der Waals surface area contributed by atoms with Crippen LogP contribution in [0.25, 0.3) is 0 Å². The standard InChI is InChI=1S/C13H12ClN/c1-10-12(14)8-5-9-13(10)15-11-6-3-2-4-7-11/h2-9,15H,1H3. The highest BCUT2D eigenvalue weighted by atomic mass is 35.5. The fraction of sp³-hybridized carbons (Fsp3) is 0.0769. The Bertz CT molecular complexity index is 451. The minimum absolute atomic E-state index is 0.788. The number of hydrogen-bond donors (Lipinski definition) is 1. The molecule has 0 amide bonds. The van der Waals surface area contributed by atoms with E-state index in [9.17, 15) is 0 Å². The summed E-state index contributed by atoms with van der Waals surface area (Å²) in [7, 11) is 0. The molecule has 0 heterocycles. The van der Waals surface area contributed by atoms with E-state index < -0.39 is 0 Å². The molecule has 2 heteroatoms. The van der Waals surface area contributed by atoms with E-state index in [0.29, 0.717) is 0 Å². The molecule has 0 aliphatic carbocycles. The van der Waals surface area contributed by atoms with Crippen LogP contribution in [0.3, 0.4) is 0 Å². The van der Waals surface area contributed by atoms with Crippen LogP contribution in [0.4, 0.5) is 11.4 Å².